The minimum Gasteiger partial charge on any atom is -0.493 e. The molecule has 1 heterocycles. The van der Waals surface area contributed by atoms with Gasteiger partial charge in [-0.25, -0.2) is 0 Å². The SMILES string of the molecule is CCc1cccc(OCCSc2nnnn2-c2c(C)cccc2C)c1. The third-order valence-electron chi connectivity index (χ3n) is 3.98. The van der Waals surface area contributed by atoms with Crippen LogP contribution in [0.15, 0.2) is 47.6 Å². The summed E-state index contributed by atoms with van der Waals surface area (Å²) in [5, 5.41) is 12.9. The maximum absolute atomic E-state index is 5.84. The molecule has 0 bridgehead atoms. The lowest BCUT2D eigenvalue weighted by molar-refractivity contribution is 0.343. The number of nitrogens with zero attached hydrogens (tertiary/aromatic N) is 4. The van der Waals surface area contributed by atoms with Crippen LogP contribution in [0.3, 0.4) is 0 Å². The van der Waals surface area contributed by atoms with Gasteiger partial charge in [0.2, 0.25) is 5.16 Å². The molecule has 0 aliphatic rings. The van der Waals surface area contributed by atoms with Gasteiger partial charge in [-0.15, -0.1) is 5.10 Å². The van der Waals surface area contributed by atoms with Crippen molar-refractivity contribution in [2.45, 2.75) is 32.3 Å². The van der Waals surface area contributed by atoms with Crippen molar-refractivity contribution < 1.29 is 4.74 Å². The number of rotatable bonds is 7. The summed E-state index contributed by atoms with van der Waals surface area (Å²) in [4.78, 5) is 0. The molecule has 0 fully saturated rings. The number of thioether (sulfide) groups is 1. The Morgan fingerprint density at radius 2 is 1.84 bits per heavy atom. The fraction of sp³-hybridized carbons (Fsp3) is 0.316. The van der Waals surface area contributed by atoms with E-state index in [1.54, 1.807) is 11.8 Å². The van der Waals surface area contributed by atoms with Gasteiger partial charge in [0.05, 0.1) is 12.3 Å². The fourth-order valence-electron chi connectivity index (χ4n) is 2.70. The van der Waals surface area contributed by atoms with Crippen molar-refractivity contribution in [2.75, 3.05) is 12.4 Å². The van der Waals surface area contributed by atoms with E-state index in [1.807, 2.05) is 22.9 Å². The van der Waals surface area contributed by atoms with Gasteiger partial charge in [-0.05, 0) is 59.5 Å². The van der Waals surface area contributed by atoms with Crippen LogP contribution in [0.1, 0.15) is 23.6 Å². The van der Waals surface area contributed by atoms with Crippen molar-refractivity contribution in [1.29, 1.82) is 0 Å². The highest BCUT2D eigenvalue weighted by Gasteiger charge is 2.13. The first-order chi connectivity index (χ1) is 12.2. The monoisotopic (exact) mass is 354 g/mol. The number of tetrazole rings is 1. The molecule has 0 aliphatic heterocycles. The summed E-state index contributed by atoms with van der Waals surface area (Å²) in [6.07, 6.45) is 1.01. The summed E-state index contributed by atoms with van der Waals surface area (Å²) >= 11 is 1.60. The van der Waals surface area contributed by atoms with E-state index in [1.165, 1.54) is 5.56 Å². The molecular weight excluding hydrogens is 332 g/mol. The van der Waals surface area contributed by atoms with Gasteiger partial charge >= 0.3 is 0 Å². The number of aryl methyl sites for hydroxylation is 3. The van der Waals surface area contributed by atoms with Crippen molar-refractivity contribution in [3.05, 3.63) is 59.2 Å². The van der Waals surface area contributed by atoms with Crippen molar-refractivity contribution >= 4 is 11.8 Å². The predicted molar refractivity (Wildman–Crippen MR) is 101 cm³/mol. The minimum atomic E-state index is 0.609. The first-order valence-electron chi connectivity index (χ1n) is 8.38. The highest BCUT2D eigenvalue weighted by molar-refractivity contribution is 7.99. The van der Waals surface area contributed by atoms with Gasteiger partial charge in [-0.1, -0.05) is 49.0 Å². The first kappa shape index (κ1) is 17.5. The van der Waals surface area contributed by atoms with Crippen molar-refractivity contribution in [3.8, 4) is 11.4 Å². The molecule has 0 saturated carbocycles. The fourth-order valence-corrected chi connectivity index (χ4v) is 3.39. The van der Waals surface area contributed by atoms with Crippen LogP contribution in [0.2, 0.25) is 0 Å². The zero-order valence-electron chi connectivity index (χ0n) is 14.8. The van der Waals surface area contributed by atoms with Crippen LogP contribution in [-0.4, -0.2) is 32.6 Å². The Bertz CT molecular complexity index is 827. The molecule has 5 nitrogen and oxygen atoms in total. The van der Waals surface area contributed by atoms with E-state index in [-0.39, 0.29) is 0 Å². The maximum Gasteiger partial charge on any atom is 0.214 e. The molecule has 0 radical (unpaired) electrons. The van der Waals surface area contributed by atoms with Crippen LogP contribution in [0, 0.1) is 13.8 Å². The summed E-state index contributed by atoms with van der Waals surface area (Å²) in [5.41, 5.74) is 4.64. The van der Waals surface area contributed by atoms with E-state index < -0.39 is 0 Å². The van der Waals surface area contributed by atoms with E-state index in [2.05, 4.69) is 60.6 Å². The Morgan fingerprint density at radius 1 is 1.08 bits per heavy atom. The molecule has 0 unspecified atom stereocenters. The second-order valence-corrected chi connectivity index (χ2v) is 6.87. The van der Waals surface area contributed by atoms with Gasteiger partial charge in [-0.3, -0.25) is 0 Å². The minimum absolute atomic E-state index is 0.609. The van der Waals surface area contributed by atoms with Crippen LogP contribution in [-0.2, 0) is 6.42 Å². The molecule has 0 atom stereocenters. The third-order valence-corrected chi connectivity index (χ3v) is 4.87. The summed E-state index contributed by atoms with van der Waals surface area (Å²) in [7, 11) is 0. The number of hydrogen-bond donors (Lipinski definition) is 0. The van der Waals surface area contributed by atoms with Crippen molar-refractivity contribution in [3.63, 3.8) is 0 Å². The number of hydrogen-bond acceptors (Lipinski definition) is 5. The first-order valence-corrected chi connectivity index (χ1v) is 9.37. The van der Waals surface area contributed by atoms with Gasteiger partial charge < -0.3 is 4.74 Å². The molecule has 3 rings (SSSR count). The highest BCUT2D eigenvalue weighted by Crippen LogP contribution is 2.23. The largest absolute Gasteiger partial charge is 0.493 e. The lowest BCUT2D eigenvalue weighted by Gasteiger charge is -2.11. The zero-order valence-corrected chi connectivity index (χ0v) is 15.6. The molecule has 6 heteroatoms. The molecule has 1 aromatic heterocycles. The van der Waals surface area contributed by atoms with Crippen molar-refractivity contribution in [2.24, 2.45) is 0 Å². The van der Waals surface area contributed by atoms with Crippen LogP contribution >= 0.6 is 11.8 Å². The highest BCUT2D eigenvalue weighted by atomic mass is 32.2. The van der Waals surface area contributed by atoms with Crippen LogP contribution in [0.25, 0.3) is 5.69 Å². The smallest absolute Gasteiger partial charge is 0.214 e. The normalized spacial score (nSPS) is 10.8. The molecule has 3 aromatic rings. The topological polar surface area (TPSA) is 52.8 Å². The van der Waals surface area contributed by atoms with Crippen LogP contribution < -0.4 is 4.74 Å². The van der Waals surface area contributed by atoms with Gasteiger partial charge in [0.25, 0.3) is 0 Å². The number of aromatic nitrogens is 4. The Morgan fingerprint density at radius 3 is 2.60 bits per heavy atom. The third kappa shape index (κ3) is 4.20. The van der Waals surface area contributed by atoms with E-state index in [0.29, 0.717) is 6.61 Å². The molecule has 0 aliphatic carbocycles. The molecule has 0 saturated heterocycles. The van der Waals surface area contributed by atoms with Crippen molar-refractivity contribution in [1.82, 2.24) is 20.2 Å². The van der Waals surface area contributed by atoms with Gasteiger partial charge in [-0.2, -0.15) is 4.68 Å². The summed E-state index contributed by atoms with van der Waals surface area (Å²) in [6.45, 7) is 6.89. The average Bonchev–Trinajstić information content (AvgIpc) is 3.07. The molecule has 0 amide bonds. The molecule has 0 N–H and O–H groups in total. The maximum atomic E-state index is 5.84. The standard InChI is InChI=1S/C19H22N4OS/c1-4-16-9-6-10-17(13-16)24-11-12-25-19-20-21-22-23(19)18-14(2)7-5-8-15(18)3/h5-10,13H,4,11-12H2,1-3H3. The Kier molecular flexibility index (Phi) is 5.71. The molecule has 25 heavy (non-hydrogen) atoms. The summed E-state index contributed by atoms with van der Waals surface area (Å²) in [5.74, 6) is 1.69. The van der Waals surface area contributed by atoms with E-state index in [4.69, 9.17) is 4.74 Å². The van der Waals surface area contributed by atoms with Gasteiger partial charge in [0, 0.05) is 5.75 Å². The summed E-state index contributed by atoms with van der Waals surface area (Å²) < 4.78 is 7.65. The second kappa shape index (κ2) is 8.16. The lowest BCUT2D eigenvalue weighted by atomic mass is 10.1. The predicted octanol–water partition coefficient (Wildman–Crippen LogP) is 4.01. The molecule has 0 spiro atoms. The quantitative estimate of drug-likeness (QED) is 0.474. The van der Waals surface area contributed by atoms with E-state index >= 15 is 0 Å². The van der Waals surface area contributed by atoms with Gasteiger partial charge in [0.1, 0.15) is 5.75 Å². The number of ether oxygens (including phenoxy) is 1. The molecular formula is C19H22N4OS. The second-order valence-electron chi connectivity index (χ2n) is 5.81. The number of para-hydroxylation sites is 1. The van der Waals surface area contributed by atoms with E-state index in [9.17, 15) is 0 Å². The Labute approximate surface area is 152 Å². The van der Waals surface area contributed by atoms with Crippen LogP contribution in [0.5, 0.6) is 5.75 Å². The summed E-state index contributed by atoms with van der Waals surface area (Å²) in [6, 6.07) is 14.4. The molecule has 130 valence electrons. The molecule has 2 aromatic carbocycles. The van der Waals surface area contributed by atoms with Crippen LogP contribution in [0.4, 0.5) is 0 Å². The Hall–Kier alpha value is -2.34. The zero-order chi connectivity index (χ0) is 17.6. The Balaban J connectivity index is 1.62. The number of benzene rings is 2. The van der Waals surface area contributed by atoms with E-state index in [0.717, 1.165) is 39.9 Å². The average molecular weight is 354 g/mol. The van der Waals surface area contributed by atoms with Gasteiger partial charge in [0.15, 0.2) is 0 Å². The lowest BCUT2D eigenvalue weighted by Crippen LogP contribution is -2.06.